The van der Waals surface area contributed by atoms with Crippen molar-refractivity contribution < 1.29 is 33.8 Å². The van der Waals surface area contributed by atoms with Crippen LogP contribution in [0.5, 0.6) is 0 Å². The van der Waals surface area contributed by atoms with Crippen LogP contribution in [0, 0.1) is 11.8 Å². The van der Waals surface area contributed by atoms with E-state index in [1.165, 1.54) is 18.3 Å². The van der Waals surface area contributed by atoms with Crippen molar-refractivity contribution in [2.75, 3.05) is 0 Å². The second-order valence-corrected chi connectivity index (χ2v) is 16.0. The predicted molar refractivity (Wildman–Crippen MR) is 209 cm³/mol. The van der Waals surface area contributed by atoms with E-state index in [9.17, 15) is 29.1 Å². The molecule has 4 heterocycles. The molecule has 5 rings (SSSR count). The van der Waals surface area contributed by atoms with Gasteiger partial charge in [0, 0.05) is 10.8 Å². The molecule has 55 heavy (non-hydrogen) atoms. The number of fused-ring (bicyclic) bond motifs is 5. The monoisotopic (exact) mass is 794 g/mol. The molecular weight excluding hydrogens is 745 g/mol. The average Bonchev–Trinajstić information content (AvgIpc) is 3.94. The van der Waals surface area contributed by atoms with Crippen molar-refractivity contribution in [1.29, 1.82) is 0 Å². The Labute approximate surface area is 328 Å². The van der Waals surface area contributed by atoms with E-state index in [4.69, 9.17) is 9.73 Å². The Hall–Kier alpha value is -4.74. The highest BCUT2D eigenvalue weighted by atomic mass is 32.1. The summed E-state index contributed by atoms with van der Waals surface area (Å²) in [5, 5.41) is 28.9. The number of aromatic nitrogens is 2. The molecule has 17 heteroatoms. The zero-order valence-corrected chi connectivity index (χ0v) is 33.6. The van der Waals surface area contributed by atoms with E-state index >= 15 is 0 Å². The first-order valence-corrected chi connectivity index (χ1v) is 20.4. The first-order chi connectivity index (χ1) is 26.2. The maximum atomic E-state index is 14.0. The minimum absolute atomic E-state index is 0.0503. The van der Waals surface area contributed by atoms with Crippen molar-refractivity contribution in [3.8, 4) is 0 Å². The number of amides is 5. The van der Waals surface area contributed by atoms with Gasteiger partial charge in [-0.1, -0.05) is 70.9 Å². The number of ether oxygens (including phenoxy) is 1. The maximum absolute atomic E-state index is 14.0. The third-order valence-corrected chi connectivity index (χ3v) is 12.0. The molecule has 6 N–H and O–H groups in total. The van der Waals surface area contributed by atoms with E-state index in [0.717, 1.165) is 16.9 Å². The molecule has 2 aromatic heterocycles. The Kier molecular flexibility index (Phi) is 13.8. The lowest BCUT2D eigenvalue weighted by atomic mass is 9.97. The van der Waals surface area contributed by atoms with Crippen LogP contribution in [0.25, 0.3) is 0 Å². The fraction of sp³-hybridized carbons (Fsp3) is 0.526. The molecule has 0 fully saturated rings. The normalized spacial score (nSPS) is 27.2. The lowest BCUT2D eigenvalue weighted by molar-refractivity contribution is -0.133. The standard InChI is InChI=1S/C38H50N8O7S2/c1-8-18(3)27-33(50)45-29(21(6)47)34(51)39-20(5)37-41-25(16-54-37)32(49)44-28(19(4)9-2)36-46-30(22(7)53-36)35(52)40-24(15-23-13-11-10-12-14-23)38-42-26(17-55-38)31(48)43-27/h10-14,16-22,24,27-30,47H,8-9,15H2,1-7H3,(H,39,51)(H,40,52)(H,43,48)(H,44,49)(H,45,50). The number of nitrogens with one attached hydrogen (secondary N) is 5. The molecule has 0 saturated carbocycles. The number of aliphatic hydroxyl groups excluding tert-OH is 1. The molecule has 10 unspecified atom stereocenters. The van der Waals surface area contributed by atoms with E-state index < -0.39 is 78.0 Å². The molecule has 0 radical (unpaired) electrons. The molecule has 0 aliphatic carbocycles. The fourth-order valence-electron chi connectivity index (χ4n) is 6.23. The van der Waals surface area contributed by atoms with E-state index in [0.29, 0.717) is 29.3 Å². The van der Waals surface area contributed by atoms with Crippen LogP contribution in [0.15, 0.2) is 46.1 Å². The van der Waals surface area contributed by atoms with Crippen LogP contribution in [-0.2, 0) is 25.5 Å². The van der Waals surface area contributed by atoms with Crippen LogP contribution in [0.4, 0.5) is 0 Å². The Morgan fingerprint density at radius 1 is 0.727 bits per heavy atom. The van der Waals surface area contributed by atoms with E-state index in [2.05, 4.69) is 36.6 Å². The Balaban J connectivity index is 1.54. The fourth-order valence-corrected chi connectivity index (χ4v) is 7.89. The lowest BCUT2D eigenvalue weighted by Crippen LogP contribution is -2.58. The van der Waals surface area contributed by atoms with Gasteiger partial charge in [-0.2, -0.15) is 0 Å². The zero-order chi connectivity index (χ0) is 40.0. The van der Waals surface area contributed by atoms with Crippen molar-refractivity contribution in [1.82, 2.24) is 36.6 Å². The number of aliphatic hydroxyl groups is 1. The number of aliphatic imine (C=N–C) groups is 1. The van der Waals surface area contributed by atoms with Crippen molar-refractivity contribution in [3.63, 3.8) is 0 Å². The van der Waals surface area contributed by atoms with Gasteiger partial charge in [0.15, 0.2) is 6.04 Å². The number of thiazole rings is 2. The summed E-state index contributed by atoms with van der Waals surface area (Å²) in [6, 6.07) is 4.16. The number of hydrogen-bond donors (Lipinski definition) is 6. The van der Waals surface area contributed by atoms with Gasteiger partial charge in [-0.25, -0.2) is 15.0 Å². The predicted octanol–water partition coefficient (Wildman–Crippen LogP) is 3.23. The van der Waals surface area contributed by atoms with Gasteiger partial charge in [0.1, 0.15) is 45.6 Å². The third-order valence-electron chi connectivity index (χ3n) is 10.0. The van der Waals surface area contributed by atoms with Gasteiger partial charge in [-0.3, -0.25) is 24.0 Å². The van der Waals surface area contributed by atoms with Gasteiger partial charge in [0.2, 0.25) is 23.6 Å². The molecule has 10 atom stereocenters. The van der Waals surface area contributed by atoms with Crippen LogP contribution in [0.3, 0.4) is 0 Å². The van der Waals surface area contributed by atoms with Crippen LogP contribution >= 0.6 is 22.7 Å². The van der Waals surface area contributed by atoms with E-state index in [1.54, 1.807) is 31.5 Å². The van der Waals surface area contributed by atoms with Gasteiger partial charge >= 0.3 is 0 Å². The molecule has 15 nitrogen and oxygen atoms in total. The number of rotatable bonds is 7. The Bertz CT molecular complexity index is 1880. The van der Waals surface area contributed by atoms with Gasteiger partial charge in [-0.05, 0) is 44.6 Å². The molecule has 3 aromatic rings. The summed E-state index contributed by atoms with van der Waals surface area (Å²) in [5.41, 5.74) is 1.09. The van der Waals surface area contributed by atoms with Gasteiger partial charge in [0.25, 0.3) is 11.8 Å². The van der Waals surface area contributed by atoms with Crippen molar-refractivity contribution in [3.05, 3.63) is 68.1 Å². The Morgan fingerprint density at radius 3 is 1.91 bits per heavy atom. The zero-order valence-electron chi connectivity index (χ0n) is 32.0. The highest BCUT2D eigenvalue weighted by Crippen LogP contribution is 2.26. The molecule has 0 saturated heterocycles. The Morgan fingerprint density at radius 2 is 1.29 bits per heavy atom. The van der Waals surface area contributed by atoms with E-state index in [1.807, 2.05) is 51.1 Å². The van der Waals surface area contributed by atoms with Crippen LogP contribution in [0.2, 0.25) is 0 Å². The largest absolute Gasteiger partial charge is 0.474 e. The second kappa shape index (κ2) is 18.3. The van der Waals surface area contributed by atoms with Gasteiger partial charge in [0.05, 0.1) is 18.2 Å². The number of hydrogen-bond acceptors (Lipinski definition) is 12. The minimum Gasteiger partial charge on any atom is -0.474 e. The van der Waals surface area contributed by atoms with Crippen LogP contribution in [-0.4, -0.2) is 86.9 Å². The summed E-state index contributed by atoms with van der Waals surface area (Å²) in [6.07, 6.45) is -0.395. The van der Waals surface area contributed by atoms with Crippen LogP contribution < -0.4 is 26.6 Å². The SMILES string of the molecule is CCC(C)C1NC(=O)c2csc(n2)C(Cc2ccccc2)NC(=O)C2N=C(OC2C)C(C(C)CC)NC(=O)c2csc(n2)C(C)NC(=O)C(C(C)O)NC1=O. The number of carbonyl (C=O) groups excluding carboxylic acids is 5. The summed E-state index contributed by atoms with van der Waals surface area (Å²) in [5.74, 6) is -3.08. The quantitative estimate of drug-likeness (QED) is 0.207. The molecule has 1 aromatic carbocycles. The molecule has 2 aliphatic heterocycles. The minimum atomic E-state index is -1.37. The second-order valence-electron chi connectivity index (χ2n) is 14.3. The molecule has 6 bridgehead atoms. The lowest BCUT2D eigenvalue weighted by Gasteiger charge is -2.28. The van der Waals surface area contributed by atoms with Crippen molar-refractivity contribution in [2.45, 2.75) is 116 Å². The topological polar surface area (TPSA) is 213 Å². The number of carbonyl (C=O) groups is 5. The average molecular weight is 795 g/mol. The smallest absolute Gasteiger partial charge is 0.271 e. The maximum Gasteiger partial charge on any atom is 0.271 e. The highest BCUT2D eigenvalue weighted by Gasteiger charge is 2.40. The van der Waals surface area contributed by atoms with Crippen LogP contribution in [0.1, 0.15) is 110 Å². The summed E-state index contributed by atoms with van der Waals surface area (Å²) in [4.78, 5) is 82.3. The summed E-state index contributed by atoms with van der Waals surface area (Å²) < 4.78 is 6.16. The van der Waals surface area contributed by atoms with E-state index in [-0.39, 0.29) is 29.1 Å². The van der Waals surface area contributed by atoms with Gasteiger partial charge < -0.3 is 36.4 Å². The molecule has 2 aliphatic rings. The molecule has 5 amide bonds. The first kappa shape index (κ1) is 41.4. The summed E-state index contributed by atoms with van der Waals surface area (Å²) in [7, 11) is 0. The third kappa shape index (κ3) is 9.93. The molecular formula is C38H50N8O7S2. The van der Waals surface area contributed by atoms with Crippen molar-refractivity contribution >= 4 is 58.1 Å². The molecule has 296 valence electrons. The molecule has 0 spiro atoms. The van der Waals surface area contributed by atoms with Crippen molar-refractivity contribution in [2.24, 2.45) is 16.8 Å². The summed E-state index contributed by atoms with van der Waals surface area (Å²) >= 11 is 2.35. The summed E-state index contributed by atoms with van der Waals surface area (Å²) in [6.45, 7) is 12.4. The van der Waals surface area contributed by atoms with Gasteiger partial charge in [-0.15, -0.1) is 22.7 Å². The number of benzene rings is 1. The highest BCUT2D eigenvalue weighted by molar-refractivity contribution is 7.10. The number of nitrogens with zero attached hydrogens (tertiary/aromatic N) is 3. The first-order valence-electron chi connectivity index (χ1n) is 18.6.